The van der Waals surface area contributed by atoms with Gasteiger partial charge in [-0.15, -0.1) is 0 Å². The highest BCUT2D eigenvalue weighted by atomic mass is 14.5. The molecule has 0 saturated heterocycles. The monoisotopic (exact) mass is 203 g/mol. The maximum Gasteiger partial charge on any atom is 0.0314 e. The van der Waals surface area contributed by atoms with Crippen LogP contribution in [0.5, 0.6) is 0 Å². The minimum absolute atomic E-state index is 0.700. The number of hydrogen-bond donors (Lipinski definition) is 1. The number of anilines is 1. The van der Waals surface area contributed by atoms with Gasteiger partial charge in [0, 0.05) is 5.69 Å². The predicted octanol–water partition coefficient (Wildman–Crippen LogP) is 3.95. The van der Waals surface area contributed by atoms with Gasteiger partial charge in [-0.2, -0.15) is 0 Å². The zero-order valence-corrected chi connectivity index (χ0v) is 9.58. The van der Waals surface area contributed by atoms with Crippen molar-refractivity contribution in [3.05, 3.63) is 29.8 Å². The molecule has 82 valence electrons. The van der Waals surface area contributed by atoms with E-state index in [0.717, 1.165) is 11.6 Å². The van der Waals surface area contributed by atoms with E-state index in [1.165, 1.54) is 37.7 Å². The average molecular weight is 203 g/mol. The van der Waals surface area contributed by atoms with Gasteiger partial charge in [0.25, 0.3) is 0 Å². The Balaban J connectivity index is 2.05. The number of rotatable bonds is 2. The second kappa shape index (κ2) is 4.69. The van der Waals surface area contributed by atoms with E-state index in [0.29, 0.717) is 5.92 Å². The SMILES string of the molecule is CC(c1ccc(N)cc1)C1CCCCC1. The van der Waals surface area contributed by atoms with Crippen LogP contribution in [0.1, 0.15) is 50.5 Å². The Labute approximate surface area is 92.7 Å². The molecular weight excluding hydrogens is 182 g/mol. The van der Waals surface area contributed by atoms with Gasteiger partial charge in [0.1, 0.15) is 0 Å². The van der Waals surface area contributed by atoms with Crippen LogP contribution in [0.25, 0.3) is 0 Å². The molecule has 1 unspecified atom stereocenters. The van der Waals surface area contributed by atoms with E-state index in [9.17, 15) is 0 Å². The topological polar surface area (TPSA) is 26.0 Å². The molecule has 1 nitrogen and oxygen atoms in total. The molecule has 1 aliphatic carbocycles. The van der Waals surface area contributed by atoms with Gasteiger partial charge >= 0.3 is 0 Å². The molecule has 2 rings (SSSR count). The summed E-state index contributed by atoms with van der Waals surface area (Å²) < 4.78 is 0. The summed E-state index contributed by atoms with van der Waals surface area (Å²) in [6, 6.07) is 8.42. The molecule has 1 heteroatoms. The van der Waals surface area contributed by atoms with E-state index in [4.69, 9.17) is 5.73 Å². The molecule has 0 aliphatic heterocycles. The normalized spacial score (nSPS) is 20.1. The maximum atomic E-state index is 5.71. The summed E-state index contributed by atoms with van der Waals surface area (Å²) in [6.07, 6.45) is 7.09. The molecule has 1 aliphatic rings. The smallest absolute Gasteiger partial charge is 0.0314 e. The van der Waals surface area contributed by atoms with Gasteiger partial charge in [-0.3, -0.25) is 0 Å². The van der Waals surface area contributed by atoms with Crippen LogP contribution in [0.3, 0.4) is 0 Å². The van der Waals surface area contributed by atoms with E-state index in [1.807, 2.05) is 12.1 Å². The second-order valence-electron chi connectivity index (χ2n) is 4.85. The lowest BCUT2D eigenvalue weighted by Crippen LogP contribution is -2.13. The Kier molecular flexibility index (Phi) is 3.30. The third-order valence-corrected chi connectivity index (χ3v) is 3.82. The summed E-state index contributed by atoms with van der Waals surface area (Å²) in [4.78, 5) is 0. The highest BCUT2D eigenvalue weighted by Gasteiger charge is 2.20. The van der Waals surface area contributed by atoms with Crippen LogP contribution in [0.2, 0.25) is 0 Å². The molecule has 2 N–H and O–H groups in total. The Morgan fingerprint density at radius 3 is 2.27 bits per heavy atom. The molecule has 1 aromatic carbocycles. The van der Waals surface area contributed by atoms with Crippen LogP contribution in [-0.4, -0.2) is 0 Å². The number of nitrogens with two attached hydrogens (primary N) is 1. The minimum atomic E-state index is 0.700. The lowest BCUT2D eigenvalue weighted by Gasteiger charge is -2.28. The predicted molar refractivity (Wildman–Crippen MR) is 65.8 cm³/mol. The molecule has 15 heavy (non-hydrogen) atoms. The Hall–Kier alpha value is -0.980. The summed E-state index contributed by atoms with van der Waals surface area (Å²) >= 11 is 0. The van der Waals surface area contributed by atoms with E-state index >= 15 is 0 Å². The second-order valence-corrected chi connectivity index (χ2v) is 4.85. The van der Waals surface area contributed by atoms with Gasteiger partial charge in [0.05, 0.1) is 0 Å². The molecule has 1 fully saturated rings. The molecular formula is C14H21N. The van der Waals surface area contributed by atoms with Crippen LogP contribution in [0, 0.1) is 5.92 Å². The van der Waals surface area contributed by atoms with E-state index < -0.39 is 0 Å². The van der Waals surface area contributed by atoms with Crippen molar-refractivity contribution in [3.63, 3.8) is 0 Å². The molecule has 0 spiro atoms. The highest BCUT2D eigenvalue weighted by molar-refractivity contribution is 5.40. The fraction of sp³-hybridized carbons (Fsp3) is 0.571. The number of nitrogen functional groups attached to an aromatic ring is 1. The first-order valence-electron chi connectivity index (χ1n) is 6.13. The molecule has 0 aromatic heterocycles. The zero-order valence-electron chi connectivity index (χ0n) is 9.58. The Bertz CT molecular complexity index is 296. The fourth-order valence-electron chi connectivity index (χ4n) is 2.71. The van der Waals surface area contributed by atoms with E-state index in [2.05, 4.69) is 19.1 Å². The van der Waals surface area contributed by atoms with Crippen LogP contribution in [0.4, 0.5) is 5.69 Å². The van der Waals surface area contributed by atoms with Crippen LogP contribution in [0.15, 0.2) is 24.3 Å². The first-order chi connectivity index (χ1) is 7.27. The summed E-state index contributed by atoms with van der Waals surface area (Å²) in [5.74, 6) is 1.59. The third kappa shape index (κ3) is 2.53. The maximum absolute atomic E-state index is 5.71. The summed E-state index contributed by atoms with van der Waals surface area (Å²) in [6.45, 7) is 2.36. The standard InChI is InChI=1S/C14H21N/c1-11(12-5-3-2-4-6-12)13-7-9-14(15)10-8-13/h7-12H,2-6,15H2,1H3. The van der Waals surface area contributed by atoms with Gasteiger partial charge in [0.15, 0.2) is 0 Å². The van der Waals surface area contributed by atoms with Crippen molar-refractivity contribution in [1.29, 1.82) is 0 Å². The number of hydrogen-bond acceptors (Lipinski definition) is 1. The molecule has 0 heterocycles. The van der Waals surface area contributed by atoms with Crippen LogP contribution < -0.4 is 5.73 Å². The first-order valence-corrected chi connectivity index (χ1v) is 6.13. The van der Waals surface area contributed by atoms with Crippen molar-refractivity contribution in [2.24, 2.45) is 5.92 Å². The molecule has 0 bridgehead atoms. The van der Waals surface area contributed by atoms with Crippen molar-refractivity contribution in [3.8, 4) is 0 Å². The molecule has 1 atom stereocenters. The van der Waals surface area contributed by atoms with E-state index in [1.54, 1.807) is 0 Å². The average Bonchev–Trinajstić information content (AvgIpc) is 2.30. The minimum Gasteiger partial charge on any atom is -0.399 e. The van der Waals surface area contributed by atoms with Gasteiger partial charge < -0.3 is 5.73 Å². The van der Waals surface area contributed by atoms with Crippen molar-refractivity contribution >= 4 is 5.69 Å². The Morgan fingerprint density at radius 2 is 1.67 bits per heavy atom. The molecule has 1 aromatic rings. The summed E-state index contributed by atoms with van der Waals surface area (Å²) in [7, 11) is 0. The Morgan fingerprint density at radius 1 is 1.07 bits per heavy atom. The van der Waals surface area contributed by atoms with Gasteiger partial charge in [0.2, 0.25) is 0 Å². The molecule has 0 radical (unpaired) electrons. The largest absolute Gasteiger partial charge is 0.399 e. The zero-order chi connectivity index (χ0) is 10.7. The summed E-state index contributed by atoms with van der Waals surface area (Å²) in [5.41, 5.74) is 8.03. The van der Waals surface area contributed by atoms with Gasteiger partial charge in [-0.05, 0) is 42.4 Å². The highest BCUT2D eigenvalue weighted by Crippen LogP contribution is 2.35. The molecule has 1 saturated carbocycles. The summed E-state index contributed by atoms with van der Waals surface area (Å²) in [5, 5.41) is 0. The van der Waals surface area contributed by atoms with Crippen LogP contribution >= 0.6 is 0 Å². The number of benzene rings is 1. The van der Waals surface area contributed by atoms with Crippen molar-refractivity contribution in [2.75, 3.05) is 5.73 Å². The van der Waals surface area contributed by atoms with E-state index in [-0.39, 0.29) is 0 Å². The lowest BCUT2D eigenvalue weighted by atomic mass is 9.78. The van der Waals surface area contributed by atoms with Crippen molar-refractivity contribution < 1.29 is 0 Å². The van der Waals surface area contributed by atoms with Crippen molar-refractivity contribution in [1.82, 2.24) is 0 Å². The molecule has 0 amide bonds. The quantitative estimate of drug-likeness (QED) is 0.723. The first kappa shape index (κ1) is 10.5. The van der Waals surface area contributed by atoms with Crippen molar-refractivity contribution in [2.45, 2.75) is 44.9 Å². The fourth-order valence-corrected chi connectivity index (χ4v) is 2.71. The third-order valence-electron chi connectivity index (χ3n) is 3.82. The van der Waals surface area contributed by atoms with Crippen LogP contribution in [-0.2, 0) is 0 Å². The van der Waals surface area contributed by atoms with Gasteiger partial charge in [-0.25, -0.2) is 0 Å². The lowest BCUT2D eigenvalue weighted by molar-refractivity contribution is 0.316. The van der Waals surface area contributed by atoms with Gasteiger partial charge in [-0.1, -0.05) is 38.3 Å².